The quantitative estimate of drug-likeness (QED) is 0.720. The standard InChI is InChI=1S/C20H18FN3OS/c21-16-8-6-14(7-9-16)19(25)22-17-5-3-4-15(12-17)18-13-26-20(23-18)24-10-1-2-11-24/h3-9,12-13H,1-2,10-11H2,(H,22,25). The second-order valence-corrected chi connectivity index (χ2v) is 7.09. The summed E-state index contributed by atoms with van der Waals surface area (Å²) in [4.78, 5) is 19.4. The van der Waals surface area contributed by atoms with Gasteiger partial charge in [0.05, 0.1) is 5.69 Å². The van der Waals surface area contributed by atoms with Crippen LogP contribution in [0.1, 0.15) is 23.2 Å². The van der Waals surface area contributed by atoms with E-state index in [0.717, 1.165) is 29.5 Å². The molecule has 1 aromatic heterocycles. The Morgan fingerprint density at radius 2 is 1.88 bits per heavy atom. The second kappa shape index (κ2) is 7.25. The van der Waals surface area contributed by atoms with E-state index in [1.807, 2.05) is 24.3 Å². The molecule has 1 amide bonds. The van der Waals surface area contributed by atoms with Crippen molar-refractivity contribution in [3.63, 3.8) is 0 Å². The molecule has 2 aromatic carbocycles. The molecule has 132 valence electrons. The molecule has 0 spiro atoms. The number of aromatic nitrogens is 1. The fraction of sp³-hybridized carbons (Fsp3) is 0.200. The predicted octanol–water partition coefficient (Wildman–Crippen LogP) is 4.80. The molecule has 2 heterocycles. The molecule has 0 atom stereocenters. The van der Waals surface area contributed by atoms with Crippen LogP contribution in [0, 0.1) is 5.82 Å². The van der Waals surface area contributed by atoms with Crippen molar-refractivity contribution in [2.45, 2.75) is 12.8 Å². The van der Waals surface area contributed by atoms with E-state index >= 15 is 0 Å². The number of carbonyl (C=O) groups excluding carboxylic acids is 1. The Hall–Kier alpha value is -2.73. The van der Waals surface area contributed by atoms with Gasteiger partial charge >= 0.3 is 0 Å². The Labute approximate surface area is 155 Å². The van der Waals surface area contributed by atoms with Crippen LogP contribution in [0.5, 0.6) is 0 Å². The SMILES string of the molecule is O=C(Nc1cccc(-c2csc(N3CCCC3)n2)c1)c1ccc(F)cc1. The van der Waals surface area contributed by atoms with E-state index in [4.69, 9.17) is 4.98 Å². The molecule has 0 radical (unpaired) electrons. The van der Waals surface area contributed by atoms with Crippen molar-refractivity contribution < 1.29 is 9.18 Å². The van der Waals surface area contributed by atoms with Gasteiger partial charge in [0.2, 0.25) is 0 Å². The van der Waals surface area contributed by atoms with Crippen molar-refractivity contribution in [2.75, 3.05) is 23.3 Å². The maximum atomic E-state index is 13.0. The van der Waals surface area contributed by atoms with E-state index < -0.39 is 0 Å². The van der Waals surface area contributed by atoms with Gasteiger partial charge in [0.1, 0.15) is 5.82 Å². The summed E-state index contributed by atoms with van der Waals surface area (Å²) >= 11 is 1.65. The summed E-state index contributed by atoms with van der Waals surface area (Å²) in [5.74, 6) is -0.626. The fourth-order valence-corrected chi connectivity index (χ4v) is 3.90. The first-order chi connectivity index (χ1) is 12.7. The molecule has 0 bridgehead atoms. The number of carbonyl (C=O) groups is 1. The lowest BCUT2D eigenvalue weighted by Crippen LogP contribution is -2.17. The summed E-state index contributed by atoms with van der Waals surface area (Å²) in [5.41, 5.74) is 2.98. The largest absolute Gasteiger partial charge is 0.348 e. The number of hydrogen-bond acceptors (Lipinski definition) is 4. The molecule has 1 N–H and O–H groups in total. The van der Waals surface area contributed by atoms with Crippen LogP contribution >= 0.6 is 11.3 Å². The summed E-state index contributed by atoms with van der Waals surface area (Å²) in [6.07, 6.45) is 2.44. The van der Waals surface area contributed by atoms with Gasteiger partial charge in [-0.2, -0.15) is 0 Å². The third-order valence-corrected chi connectivity index (χ3v) is 5.29. The zero-order chi connectivity index (χ0) is 17.9. The molecule has 1 aliphatic heterocycles. The van der Waals surface area contributed by atoms with Gasteiger partial charge < -0.3 is 10.2 Å². The first-order valence-corrected chi connectivity index (χ1v) is 9.45. The Balaban J connectivity index is 1.51. The highest BCUT2D eigenvalue weighted by molar-refractivity contribution is 7.14. The Morgan fingerprint density at radius 3 is 2.65 bits per heavy atom. The van der Waals surface area contributed by atoms with Gasteiger partial charge in [0.25, 0.3) is 5.91 Å². The van der Waals surface area contributed by atoms with Gasteiger partial charge in [0, 0.05) is 35.3 Å². The zero-order valence-electron chi connectivity index (χ0n) is 14.1. The minimum Gasteiger partial charge on any atom is -0.348 e. The lowest BCUT2D eigenvalue weighted by molar-refractivity contribution is 0.102. The minimum absolute atomic E-state index is 0.266. The van der Waals surface area contributed by atoms with Crippen molar-refractivity contribution >= 4 is 28.1 Å². The van der Waals surface area contributed by atoms with Crippen molar-refractivity contribution in [3.05, 3.63) is 65.3 Å². The smallest absolute Gasteiger partial charge is 0.255 e. The summed E-state index contributed by atoms with van der Waals surface area (Å²) in [5, 5.41) is 5.96. The Morgan fingerprint density at radius 1 is 1.12 bits per heavy atom. The third kappa shape index (κ3) is 3.60. The van der Waals surface area contributed by atoms with Crippen molar-refractivity contribution in [2.24, 2.45) is 0 Å². The number of nitrogens with zero attached hydrogens (tertiary/aromatic N) is 2. The number of benzene rings is 2. The average Bonchev–Trinajstić information content (AvgIpc) is 3.34. The van der Waals surface area contributed by atoms with Crippen LogP contribution in [0.15, 0.2) is 53.9 Å². The van der Waals surface area contributed by atoms with Gasteiger partial charge in [-0.25, -0.2) is 9.37 Å². The van der Waals surface area contributed by atoms with Crippen LogP contribution in [0.4, 0.5) is 15.2 Å². The molecular weight excluding hydrogens is 349 g/mol. The molecule has 0 unspecified atom stereocenters. The summed E-state index contributed by atoms with van der Waals surface area (Å²) in [6, 6.07) is 13.1. The summed E-state index contributed by atoms with van der Waals surface area (Å²) in [7, 11) is 0. The summed E-state index contributed by atoms with van der Waals surface area (Å²) < 4.78 is 13.0. The molecular formula is C20H18FN3OS. The molecule has 1 aliphatic rings. The van der Waals surface area contributed by atoms with Gasteiger partial charge in [-0.1, -0.05) is 12.1 Å². The monoisotopic (exact) mass is 367 g/mol. The topological polar surface area (TPSA) is 45.2 Å². The number of anilines is 2. The van der Waals surface area contributed by atoms with Crippen LogP contribution in [0.3, 0.4) is 0 Å². The first-order valence-electron chi connectivity index (χ1n) is 8.57. The number of amides is 1. The molecule has 0 saturated carbocycles. The lowest BCUT2D eigenvalue weighted by Gasteiger charge is -2.12. The minimum atomic E-state index is -0.360. The van der Waals surface area contributed by atoms with E-state index in [1.54, 1.807) is 11.3 Å². The van der Waals surface area contributed by atoms with Crippen LogP contribution < -0.4 is 10.2 Å². The normalized spacial score (nSPS) is 13.8. The van der Waals surface area contributed by atoms with Crippen LogP contribution in [0.2, 0.25) is 0 Å². The van der Waals surface area contributed by atoms with Crippen LogP contribution in [0.25, 0.3) is 11.3 Å². The zero-order valence-corrected chi connectivity index (χ0v) is 14.9. The number of hydrogen-bond donors (Lipinski definition) is 1. The fourth-order valence-electron chi connectivity index (χ4n) is 3.01. The molecule has 1 saturated heterocycles. The Bertz CT molecular complexity index is 917. The molecule has 26 heavy (non-hydrogen) atoms. The highest BCUT2D eigenvalue weighted by Crippen LogP contribution is 2.30. The van der Waals surface area contributed by atoms with Crippen molar-refractivity contribution in [1.29, 1.82) is 0 Å². The number of nitrogens with one attached hydrogen (secondary N) is 1. The maximum absolute atomic E-state index is 13.0. The van der Waals surface area contributed by atoms with Crippen LogP contribution in [-0.4, -0.2) is 24.0 Å². The van der Waals surface area contributed by atoms with E-state index in [2.05, 4.69) is 15.6 Å². The average molecular weight is 367 g/mol. The maximum Gasteiger partial charge on any atom is 0.255 e. The Kier molecular flexibility index (Phi) is 4.67. The number of thiazole rings is 1. The van der Waals surface area contributed by atoms with E-state index in [9.17, 15) is 9.18 Å². The van der Waals surface area contributed by atoms with E-state index in [1.165, 1.54) is 37.1 Å². The van der Waals surface area contributed by atoms with Gasteiger partial charge in [0.15, 0.2) is 5.13 Å². The molecule has 4 rings (SSSR count). The first kappa shape index (κ1) is 16.7. The molecule has 4 nitrogen and oxygen atoms in total. The number of halogens is 1. The van der Waals surface area contributed by atoms with E-state index in [0.29, 0.717) is 11.3 Å². The van der Waals surface area contributed by atoms with E-state index in [-0.39, 0.29) is 11.7 Å². The van der Waals surface area contributed by atoms with Gasteiger partial charge in [-0.05, 0) is 49.2 Å². The molecule has 3 aromatic rings. The highest BCUT2D eigenvalue weighted by atomic mass is 32.1. The molecule has 1 fully saturated rings. The van der Waals surface area contributed by atoms with Gasteiger partial charge in [-0.3, -0.25) is 4.79 Å². The predicted molar refractivity (Wildman–Crippen MR) is 103 cm³/mol. The second-order valence-electron chi connectivity index (χ2n) is 6.25. The number of rotatable bonds is 4. The van der Waals surface area contributed by atoms with Crippen molar-refractivity contribution in [1.82, 2.24) is 4.98 Å². The van der Waals surface area contributed by atoms with Crippen molar-refractivity contribution in [3.8, 4) is 11.3 Å². The molecule has 0 aliphatic carbocycles. The van der Waals surface area contributed by atoms with Gasteiger partial charge in [-0.15, -0.1) is 11.3 Å². The molecule has 6 heteroatoms. The third-order valence-electron chi connectivity index (χ3n) is 4.39. The summed E-state index contributed by atoms with van der Waals surface area (Å²) in [6.45, 7) is 2.14. The highest BCUT2D eigenvalue weighted by Gasteiger charge is 2.16. The lowest BCUT2D eigenvalue weighted by atomic mass is 10.1. The van der Waals surface area contributed by atoms with Crippen LogP contribution in [-0.2, 0) is 0 Å².